The van der Waals surface area contributed by atoms with Crippen LogP contribution in [0.2, 0.25) is 0 Å². The maximum absolute atomic E-state index is 12.8. The van der Waals surface area contributed by atoms with Crippen molar-refractivity contribution in [1.82, 2.24) is 14.9 Å². The SMILES string of the molecule is Cn1cccc1CNC(=O)c1cccc(F)n1. The number of carbonyl (C=O) groups is 1. The molecule has 0 bridgehead atoms. The molecule has 2 heterocycles. The van der Waals surface area contributed by atoms with Crippen molar-refractivity contribution in [1.29, 1.82) is 0 Å². The van der Waals surface area contributed by atoms with Crippen molar-refractivity contribution in [3.63, 3.8) is 0 Å². The standard InChI is InChI=1S/C12H12FN3O/c1-16-7-3-4-9(16)8-14-12(17)10-5-2-6-11(13)15-10/h2-7H,8H2,1H3,(H,14,17). The van der Waals surface area contributed by atoms with Gasteiger partial charge in [0.15, 0.2) is 0 Å². The lowest BCUT2D eigenvalue weighted by Crippen LogP contribution is -2.24. The number of aryl methyl sites for hydroxylation is 1. The van der Waals surface area contributed by atoms with Crippen LogP contribution in [0.4, 0.5) is 4.39 Å². The lowest BCUT2D eigenvalue weighted by atomic mass is 10.3. The van der Waals surface area contributed by atoms with E-state index in [1.165, 1.54) is 18.2 Å². The molecule has 0 aliphatic carbocycles. The molecule has 0 saturated carbocycles. The van der Waals surface area contributed by atoms with Gasteiger partial charge in [-0.05, 0) is 24.3 Å². The van der Waals surface area contributed by atoms with E-state index in [0.717, 1.165) is 5.69 Å². The summed E-state index contributed by atoms with van der Waals surface area (Å²) in [6, 6.07) is 7.93. The van der Waals surface area contributed by atoms with Crippen molar-refractivity contribution in [2.45, 2.75) is 6.54 Å². The van der Waals surface area contributed by atoms with E-state index >= 15 is 0 Å². The Morgan fingerprint density at radius 3 is 2.88 bits per heavy atom. The van der Waals surface area contributed by atoms with Gasteiger partial charge in [0.05, 0.1) is 6.54 Å². The summed E-state index contributed by atoms with van der Waals surface area (Å²) < 4.78 is 14.7. The van der Waals surface area contributed by atoms with Gasteiger partial charge in [-0.25, -0.2) is 4.98 Å². The van der Waals surface area contributed by atoms with Gasteiger partial charge in [-0.15, -0.1) is 0 Å². The minimum absolute atomic E-state index is 0.0826. The largest absolute Gasteiger partial charge is 0.353 e. The van der Waals surface area contributed by atoms with Crippen molar-refractivity contribution < 1.29 is 9.18 Å². The monoisotopic (exact) mass is 233 g/mol. The zero-order valence-corrected chi connectivity index (χ0v) is 9.35. The quantitative estimate of drug-likeness (QED) is 0.816. The summed E-state index contributed by atoms with van der Waals surface area (Å²) in [5.41, 5.74) is 1.05. The van der Waals surface area contributed by atoms with Gasteiger partial charge in [-0.3, -0.25) is 4.79 Å². The van der Waals surface area contributed by atoms with Crippen LogP contribution in [0.5, 0.6) is 0 Å². The molecule has 1 amide bonds. The first-order valence-corrected chi connectivity index (χ1v) is 5.18. The van der Waals surface area contributed by atoms with Crippen LogP contribution >= 0.6 is 0 Å². The molecule has 0 spiro atoms. The fourth-order valence-corrected chi connectivity index (χ4v) is 1.48. The number of carbonyl (C=O) groups excluding carboxylic acids is 1. The van der Waals surface area contributed by atoms with Crippen molar-refractivity contribution in [2.75, 3.05) is 0 Å². The molecule has 0 radical (unpaired) electrons. The smallest absolute Gasteiger partial charge is 0.270 e. The molecule has 0 unspecified atom stereocenters. The van der Waals surface area contributed by atoms with E-state index in [0.29, 0.717) is 6.54 Å². The maximum Gasteiger partial charge on any atom is 0.270 e. The zero-order chi connectivity index (χ0) is 12.3. The number of rotatable bonds is 3. The molecule has 1 N–H and O–H groups in total. The van der Waals surface area contributed by atoms with E-state index < -0.39 is 5.95 Å². The second kappa shape index (κ2) is 4.78. The molecule has 4 nitrogen and oxygen atoms in total. The number of amides is 1. The van der Waals surface area contributed by atoms with Gasteiger partial charge >= 0.3 is 0 Å². The average Bonchev–Trinajstić information content (AvgIpc) is 2.72. The van der Waals surface area contributed by atoms with Crippen molar-refractivity contribution in [2.24, 2.45) is 7.05 Å². The summed E-state index contributed by atoms with van der Waals surface area (Å²) in [7, 11) is 1.89. The van der Waals surface area contributed by atoms with E-state index in [1.807, 2.05) is 29.9 Å². The molecule has 0 saturated heterocycles. The number of pyridine rings is 1. The first-order chi connectivity index (χ1) is 8.16. The summed E-state index contributed by atoms with van der Waals surface area (Å²) in [5.74, 6) is -1.04. The van der Waals surface area contributed by atoms with Gasteiger partial charge in [0.2, 0.25) is 5.95 Å². The molecular weight excluding hydrogens is 221 g/mol. The van der Waals surface area contributed by atoms with Crippen LogP contribution in [0.15, 0.2) is 36.5 Å². The van der Waals surface area contributed by atoms with E-state index in [9.17, 15) is 9.18 Å². The molecule has 88 valence electrons. The first kappa shape index (κ1) is 11.3. The van der Waals surface area contributed by atoms with Crippen LogP contribution in [0, 0.1) is 5.95 Å². The number of halogens is 1. The van der Waals surface area contributed by atoms with Crippen LogP contribution < -0.4 is 5.32 Å². The third-order valence-corrected chi connectivity index (χ3v) is 2.43. The summed E-state index contributed by atoms with van der Waals surface area (Å²) >= 11 is 0. The second-order valence-corrected chi connectivity index (χ2v) is 3.64. The van der Waals surface area contributed by atoms with Crippen molar-refractivity contribution >= 4 is 5.91 Å². The molecule has 0 fully saturated rings. The molecule has 5 heteroatoms. The Bertz CT molecular complexity index is 536. The van der Waals surface area contributed by atoms with Crippen molar-refractivity contribution in [3.8, 4) is 0 Å². The average molecular weight is 233 g/mol. The highest BCUT2D eigenvalue weighted by Crippen LogP contribution is 2.01. The van der Waals surface area contributed by atoms with Crippen molar-refractivity contribution in [3.05, 3.63) is 53.9 Å². The zero-order valence-electron chi connectivity index (χ0n) is 9.35. The Morgan fingerprint density at radius 2 is 2.24 bits per heavy atom. The molecular formula is C12H12FN3O. The number of hydrogen-bond donors (Lipinski definition) is 1. The molecule has 2 aromatic heterocycles. The highest BCUT2D eigenvalue weighted by molar-refractivity contribution is 5.92. The van der Waals surface area contributed by atoms with Gasteiger partial charge in [-0.2, -0.15) is 4.39 Å². The van der Waals surface area contributed by atoms with Gasteiger partial charge < -0.3 is 9.88 Å². The molecule has 2 aromatic rings. The van der Waals surface area contributed by atoms with Crippen LogP contribution in [-0.4, -0.2) is 15.5 Å². The number of hydrogen-bond acceptors (Lipinski definition) is 2. The Kier molecular flexibility index (Phi) is 3.18. The molecule has 0 aliphatic heterocycles. The lowest BCUT2D eigenvalue weighted by Gasteiger charge is -2.05. The van der Waals surface area contributed by atoms with Crippen LogP contribution in [0.3, 0.4) is 0 Å². The fourth-order valence-electron chi connectivity index (χ4n) is 1.48. The van der Waals surface area contributed by atoms with Crippen LogP contribution in [0.1, 0.15) is 16.2 Å². The predicted molar refractivity (Wildman–Crippen MR) is 60.8 cm³/mol. The molecule has 17 heavy (non-hydrogen) atoms. The number of nitrogens with one attached hydrogen (secondary N) is 1. The van der Waals surface area contributed by atoms with E-state index in [2.05, 4.69) is 10.3 Å². The Labute approximate surface area is 98.1 Å². The fraction of sp³-hybridized carbons (Fsp3) is 0.167. The van der Waals surface area contributed by atoms with E-state index in [1.54, 1.807) is 0 Å². The Balaban J connectivity index is 2.01. The minimum atomic E-state index is -0.656. The van der Waals surface area contributed by atoms with E-state index in [-0.39, 0.29) is 11.6 Å². The topological polar surface area (TPSA) is 46.9 Å². The Hall–Kier alpha value is -2.17. The molecule has 0 aliphatic rings. The predicted octanol–water partition coefficient (Wildman–Crippen LogP) is 1.49. The normalized spacial score (nSPS) is 10.2. The van der Waals surface area contributed by atoms with Gasteiger partial charge in [0.1, 0.15) is 5.69 Å². The first-order valence-electron chi connectivity index (χ1n) is 5.18. The summed E-state index contributed by atoms with van der Waals surface area (Å²) in [6.07, 6.45) is 1.89. The highest BCUT2D eigenvalue weighted by atomic mass is 19.1. The highest BCUT2D eigenvalue weighted by Gasteiger charge is 2.08. The van der Waals surface area contributed by atoms with Gasteiger partial charge in [0.25, 0.3) is 5.91 Å². The maximum atomic E-state index is 12.8. The van der Waals surface area contributed by atoms with Crippen LogP contribution in [-0.2, 0) is 13.6 Å². The number of nitrogens with zero attached hydrogens (tertiary/aromatic N) is 2. The lowest BCUT2D eigenvalue weighted by molar-refractivity contribution is 0.0944. The number of aromatic nitrogens is 2. The van der Waals surface area contributed by atoms with E-state index in [4.69, 9.17) is 0 Å². The molecule has 2 rings (SSSR count). The molecule has 0 atom stereocenters. The minimum Gasteiger partial charge on any atom is -0.353 e. The van der Waals surface area contributed by atoms with Gasteiger partial charge in [-0.1, -0.05) is 6.07 Å². The Morgan fingerprint density at radius 1 is 1.41 bits per heavy atom. The van der Waals surface area contributed by atoms with Crippen LogP contribution in [0.25, 0.3) is 0 Å². The third-order valence-electron chi connectivity index (χ3n) is 2.43. The molecule has 0 aromatic carbocycles. The summed E-state index contributed by atoms with van der Waals surface area (Å²) in [5, 5.41) is 2.68. The van der Waals surface area contributed by atoms with Gasteiger partial charge in [0, 0.05) is 18.9 Å². The second-order valence-electron chi connectivity index (χ2n) is 3.64. The summed E-state index contributed by atoms with van der Waals surface area (Å²) in [4.78, 5) is 15.2. The summed E-state index contributed by atoms with van der Waals surface area (Å²) in [6.45, 7) is 0.389. The third kappa shape index (κ3) is 2.69.